The summed E-state index contributed by atoms with van der Waals surface area (Å²) in [5.41, 5.74) is 0.795. The van der Waals surface area contributed by atoms with E-state index in [9.17, 15) is 9.90 Å². The van der Waals surface area contributed by atoms with E-state index >= 15 is 0 Å². The van der Waals surface area contributed by atoms with Gasteiger partial charge in [-0.1, -0.05) is 30.3 Å². The fourth-order valence-electron chi connectivity index (χ4n) is 1.80. The summed E-state index contributed by atoms with van der Waals surface area (Å²) in [6.07, 6.45) is 1.98. The third-order valence-corrected chi connectivity index (χ3v) is 2.97. The van der Waals surface area contributed by atoms with Crippen LogP contribution in [0.1, 0.15) is 36.5 Å². The molecule has 1 N–H and O–H groups in total. The van der Waals surface area contributed by atoms with Crippen LogP contribution < -0.4 is 0 Å². The van der Waals surface area contributed by atoms with Gasteiger partial charge in [-0.2, -0.15) is 0 Å². The Labute approximate surface area is 109 Å². The van der Waals surface area contributed by atoms with E-state index in [2.05, 4.69) is 4.90 Å². The standard InChI is InChI=1S/C15H23NO2/c1-13(17)10-12-16(2)11-6-9-15(18)14-7-4-3-5-8-14/h3-5,7-8,13,17H,6,9-12H2,1-2H3. The van der Waals surface area contributed by atoms with Crippen molar-refractivity contribution in [2.24, 2.45) is 0 Å². The number of carbonyl (C=O) groups is 1. The maximum absolute atomic E-state index is 11.8. The second-order valence-electron chi connectivity index (χ2n) is 4.83. The lowest BCUT2D eigenvalue weighted by Gasteiger charge is -2.17. The van der Waals surface area contributed by atoms with Crippen LogP contribution >= 0.6 is 0 Å². The largest absolute Gasteiger partial charge is 0.393 e. The molecule has 18 heavy (non-hydrogen) atoms. The zero-order valence-corrected chi connectivity index (χ0v) is 11.3. The summed E-state index contributed by atoms with van der Waals surface area (Å²) in [5.74, 6) is 0.208. The van der Waals surface area contributed by atoms with Gasteiger partial charge in [-0.25, -0.2) is 0 Å². The van der Waals surface area contributed by atoms with Crippen molar-refractivity contribution in [3.63, 3.8) is 0 Å². The highest BCUT2D eigenvalue weighted by molar-refractivity contribution is 5.95. The predicted molar refractivity (Wildman–Crippen MR) is 73.8 cm³/mol. The zero-order chi connectivity index (χ0) is 13.4. The molecule has 0 saturated heterocycles. The monoisotopic (exact) mass is 249 g/mol. The molecule has 1 aromatic carbocycles. The lowest BCUT2D eigenvalue weighted by Crippen LogP contribution is -2.24. The van der Waals surface area contributed by atoms with E-state index in [1.807, 2.05) is 37.4 Å². The van der Waals surface area contributed by atoms with Gasteiger partial charge in [0.25, 0.3) is 0 Å². The van der Waals surface area contributed by atoms with Crippen LogP contribution in [0.15, 0.2) is 30.3 Å². The smallest absolute Gasteiger partial charge is 0.162 e. The Morgan fingerprint density at radius 1 is 1.28 bits per heavy atom. The summed E-state index contributed by atoms with van der Waals surface area (Å²) in [6.45, 7) is 3.56. The minimum absolute atomic E-state index is 0.208. The first kappa shape index (κ1) is 14.9. The van der Waals surface area contributed by atoms with E-state index in [0.717, 1.165) is 31.5 Å². The third-order valence-electron chi connectivity index (χ3n) is 2.97. The highest BCUT2D eigenvalue weighted by Gasteiger charge is 2.06. The average molecular weight is 249 g/mol. The Bertz CT molecular complexity index is 349. The summed E-state index contributed by atoms with van der Waals surface area (Å²) < 4.78 is 0. The Balaban J connectivity index is 2.20. The van der Waals surface area contributed by atoms with Crippen LogP contribution in [-0.2, 0) is 0 Å². The van der Waals surface area contributed by atoms with Gasteiger partial charge in [-0.15, -0.1) is 0 Å². The van der Waals surface area contributed by atoms with Crippen molar-refractivity contribution in [3.05, 3.63) is 35.9 Å². The summed E-state index contributed by atoms with van der Waals surface area (Å²) in [4.78, 5) is 14.0. The molecule has 0 amide bonds. The molecule has 0 saturated carbocycles. The first-order valence-electron chi connectivity index (χ1n) is 6.54. The van der Waals surface area contributed by atoms with Crippen molar-refractivity contribution < 1.29 is 9.90 Å². The molecule has 0 aliphatic rings. The highest BCUT2D eigenvalue weighted by Crippen LogP contribution is 2.05. The summed E-state index contributed by atoms with van der Waals surface area (Å²) in [7, 11) is 2.02. The van der Waals surface area contributed by atoms with Crippen LogP contribution in [0.25, 0.3) is 0 Å². The van der Waals surface area contributed by atoms with Crippen LogP contribution in [0.4, 0.5) is 0 Å². The molecular weight excluding hydrogens is 226 g/mol. The first-order valence-corrected chi connectivity index (χ1v) is 6.54. The van der Waals surface area contributed by atoms with E-state index in [1.165, 1.54) is 0 Å². The van der Waals surface area contributed by atoms with Gasteiger partial charge in [0.2, 0.25) is 0 Å². The van der Waals surface area contributed by atoms with E-state index in [-0.39, 0.29) is 11.9 Å². The maximum atomic E-state index is 11.8. The third kappa shape index (κ3) is 5.94. The summed E-state index contributed by atoms with van der Waals surface area (Å²) in [5, 5.41) is 9.18. The number of hydrogen-bond acceptors (Lipinski definition) is 3. The normalized spacial score (nSPS) is 12.7. The minimum Gasteiger partial charge on any atom is -0.393 e. The fourth-order valence-corrected chi connectivity index (χ4v) is 1.80. The van der Waals surface area contributed by atoms with E-state index in [4.69, 9.17) is 0 Å². The van der Waals surface area contributed by atoms with Crippen molar-refractivity contribution in [2.45, 2.75) is 32.3 Å². The molecule has 0 aliphatic heterocycles. The van der Waals surface area contributed by atoms with Gasteiger partial charge in [0.05, 0.1) is 6.10 Å². The van der Waals surface area contributed by atoms with Crippen LogP contribution in [0, 0.1) is 0 Å². The number of aliphatic hydroxyl groups excluding tert-OH is 1. The average Bonchev–Trinajstić information content (AvgIpc) is 2.37. The maximum Gasteiger partial charge on any atom is 0.162 e. The summed E-state index contributed by atoms with van der Waals surface area (Å²) >= 11 is 0. The van der Waals surface area contributed by atoms with Gasteiger partial charge in [-0.3, -0.25) is 4.79 Å². The molecule has 1 rings (SSSR count). The molecule has 0 bridgehead atoms. The lowest BCUT2D eigenvalue weighted by atomic mass is 10.1. The number of rotatable bonds is 8. The molecule has 1 atom stereocenters. The fraction of sp³-hybridized carbons (Fsp3) is 0.533. The Kier molecular flexibility index (Phi) is 6.61. The number of Topliss-reactive ketones (excluding diaryl/α,β-unsaturated/α-hetero) is 1. The van der Waals surface area contributed by atoms with Crippen LogP contribution in [0.3, 0.4) is 0 Å². The number of hydrogen-bond donors (Lipinski definition) is 1. The first-order chi connectivity index (χ1) is 8.59. The van der Waals surface area contributed by atoms with Gasteiger partial charge in [0.15, 0.2) is 5.78 Å². The molecule has 0 aromatic heterocycles. The molecule has 100 valence electrons. The van der Waals surface area contributed by atoms with Crippen molar-refractivity contribution in [1.82, 2.24) is 4.90 Å². The summed E-state index contributed by atoms with van der Waals surface area (Å²) in [6, 6.07) is 9.42. The van der Waals surface area contributed by atoms with E-state index in [0.29, 0.717) is 6.42 Å². The van der Waals surface area contributed by atoms with Crippen molar-refractivity contribution in [3.8, 4) is 0 Å². The topological polar surface area (TPSA) is 40.5 Å². The Hall–Kier alpha value is -1.19. The van der Waals surface area contributed by atoms with Gasteiger partial charge in [-0.05, 0) is 33.4 Å². The quantitative estimate of drug-likeness (QED) is 0.719. The predicted octanol–water partition coefficient (Wildman–Crippen LogP) is 2.35. The number of aliphatic hydroxyl groups is 1. The van der Waals surface area contributed by atoms with Gasteiger partial charge < -0.3 is 10.0 Å². The SMILES string of the molecule is CC(O)CCN(C)CCCC(=O)c1ccccc1. The molecule has 0 spiro atoms. The van der Waals surface area contributed by atoms with Crippen molar-refractivity contribution >= 4 is 5.78 Å². The number of ketones is 1. The molecule has 3 nitrogen and oxygen atoms in total. The molecule has 0 fully saturated rings. The Morgan fingerprint density at radius 3 is 2.56 bits per heavy atom. The van der Waals surface area contributed by atoms with Gasteiger partial charge in [0.1, 0.15) is 0 Å². The van der Waals surface area contributed by atoms with Gasteiger partial charge in [0, 0.05) is 18.5 Å². The molecule has 0 aliphatic carbocycles. The minimum atomic E-state index is -0.251. The molecular formula is C15H23NO2. The molecule has 3 heteroatoms. The van der Waals surface area contributed by atoms with Crippen LogP contribution in [0.2, 0.25) is 0 Å². The van der Waals surface area contributed by atoms with Crippen LogP contribution in [-0.4, -0.2) is 42.0 Å². The number of benzene rings is 1. The van der Waals surface area contributed by atoms with Gasteiger partial charge >= 0.3 is 0 Å². The Morgan fingerprint density at radius 2 is 1.94 bits per heavy atom. The van der Waals surface area contributed by atoms with Crippen molar-refractivity contribution in [2.75, 3.05) is 20.1 Å². The molecule has 0 heterocycles. The number of carbonyl (C=O) groups excluding carboxylic acids is 1. The van der Waals surface area contributed by atoms with Crippen molar-refractivity contribution in [1.29, 1.82) is 0 Å². The van der Waals surface area contributed by atoms with Crippen LogP contribution in [0.5, 0.6) is 0 Å². The second kappa shape index (κ2) is 8.01. The van der Waals surface area contributed by atoms with E-state index < -0.39 is 0 Å². The zero-order valence-electron chi connectivity index (χ0n) is 11.3. The highest BCUT2D eigenvalue weighted by atomic mass is 16.3. The number of nitrogens with zero attached hydrogens (tertiary/aromatic N) is 1. The van der Waals surface area contributed by atoms with E-state index in [1.54, 1.807) is 6.92 Å². The molecule has 1 aromatic rings. The lowest BCUT2D eigenvalue weighted by molar-refractivity contribution is 0.0974. The molecule has 0 radical (unpaired) electrons. The molecule has 1 unspecified atom stereocenters. The second-order valence-corrected chi connectivity index (χ2v) is 4.83.